The standard InChI is InChI=1S/C14H22O4S3/c15-11-9(6-19)4-2-1-3-5-14(11,8-21)12(16)10(7-20)13(17)18/h9-10,19-21H,1-8H2,(H,17,18). The van der Waals surface area contributed by atoms with Crippen LogP contribution in [-0.4, -0.2) is 39.9 Å². The Morgan fingerprint density at radius 1 is 1.24 bits per heavy atom. The molecule has 1 aliphatic carbocycles. The van der Waals surface area contributed by atoms with Crippen molar-refractivity contribution in [2.75, 3.05) is 17.3 Å². The molecule has 3 atom stereocenters. The largest absolute Gasteiger partial charge is 0.481 e. The highest BCUT2D eigenvalue weighted by Crippen LogP contribution is 2.38. The summed E-state index contributed by atoms with van der Waals surface area (Å²) in [6, 6.07) is 0. The van der Waals surface area contributed by atoms with Crippen LogP contribution in [0.15, 0.2) is 0 Å². The number of carboxylic acid groups (broad SMARTS) is 1. The van der Waals surface area contributed by atoms with E-state index < -0.39 is 23.1 Å². The van der Waals surface area contributed by atoms with Crippen LogP contribution in [0.4, 0.5) is 0 Å². The number of Topliss-reactive ketones (excluding diaryl/α,β-unsaturated/α-hetero) is 2. The topological polar surface area (TPSA) is 71.4 Å². The molecule has 0 aromatic carbocycles. The maximum Gasteiger partial charge on any atom is 0.314 e. The van der Waals surface area contributed by atoms with Gasteiger partial charge in [0.25, 0.3) is 0 Å². The van der Waals surface area contributed by atoms with Crippen LogP contribution < -0.4 is 0 Å². The Morgan fingerprint density at radius 2 is 1.90 bits per heavy atom. The Kier molecular flexibility index (Phi) is 7.64. The van der Waals surface area contributed by atoms with E-state index in [1.54, 1.807) is 0 Å². The quantitative estimate of drug-likeness (QED) is 0.438. The number of hydrogen-bond acceptors (Lipinski definition) is 6. The van der Waals surface area contributed by atoms with E-state index in [1.165, 1.54) is 0 Å². The molecule has 0 spiro atoms. The van der Waals surface area contributed by atoms with E-state index in [1.807, 2.05) is 0 Å². The summed E-state index contributed by atoms with van der Waals surface area (Å²) in [5.74, 6) is -3.21. The van der Waals surface area contributed by atoms with Gasteiger partial charge in [-0.05, 0) is 12.8 Å². The maximum absolute atomic E-state index is 12.8. The van der Waals surface area contributed by atoms with Gasteiger partial charge in [0.05, 0.1) is 5.41 Å². The van der Waals surface area contributed by atoms with Crippen molar-refractivity contribution < 1.29 is 19.5 Å². The van der Waals surface area contributed by atoms with Crippen molar-refractivity contribution in [2.45, 2.75) is 32.1 Å². The number of hydrogen-bond donors (Lipinski definition) is 4. The third-order valence-electron chi connectivity index (χ3n) is 4.26. The lowest BCUT2D eigenvalue weighted by Gasteiger charge is -2.35. The fourth-order valence-electron chi connectivity index (χ4n) is 2.90. The normalized spacial score (nSPS) is 28.5. The van der Waals surface area contributed by atoms with E-state index >= 15 is 0 Å². The molecule has 1 saturated carbocycles. The van der Waals surface area contributed by atoms with Gasteiger partial charge >= 0.3 is 5.97 Å². The molecule has 1 fully saturated rings. The first-order valence-electron chi connectivity index (χ1n) is 7.08. The number of carbonyl (C=O) groups excluding carboxylic acids is 2. The molecule has 0 aromatic rings. The Bertz CT molecular complexity index is 413. The molecular formula is C14H22O4S3. The Labute approximate surface area is 141 Å². The SMILES string of the molecule is O=C(O)C(CS)C(=O)C1(CS)CCCCCC(CS)C1=O. The Hall–Kier alpha value is -0.140. The van der Waals surface area contributed by atoms with Gasteiger partial charge < -0.3 is 5.11 Å². The summed E-state index contributed by atoms with van der Waals surface area (Å²) in [6.07, 6.45) is 3.66. The Morgan fingerprint density at radius 3 is 2.38 bits per heavy atom. The van der Waals surface area contributed by atoms with Gasteiger partial charge in [-0.1, -0.05) is 19.3 Å². The van der Waals surface area contributed by atoms with Crippen molar-refractivity contribution in [3.63, 3.8) is 0 Å². The van der Waals surface area contributed by atoms with Gasteiger partial charge in [0.15, 0.2) is 11.6 Å². The zero-order valence-corrected chi connectivity index (χ0v) is 14.5. The van der Waals surface area contributed by atoms with Gasteiger partial charge in [-0.3, -0.25) is 14.4 Å². The van der Waals surface area contributed by atoms with Gasteiger partial charge in [0.1, 0.15) is 5.92 Å². The number of thiol groups is 3. The molecular weight excluding hydrogens is 328 g/mol. The first-order valence-corrected chi connectivity index (χ1v) is 8.98. The van der Waals surface area contributed by atoms with Crippen LogP contribution in [0.2, 0.25) is 0 Å². The van der Waals surface area contributed by atoms with E-state index in [9.17, 15) is 19.5 Å². The van der Waals surface area contributed by atoms with Crippen molar-refractivity contribution in [1.29, 1.82) is 0 Å². The summed E-state index contributed by atoms with van der Waals surface area (Å²) < 4.78 is 0. The van der Waals surface area contributed by atoms with E-state index in [0.717, 1.165) is 19.3 Å². The molecule has 120 valence electrons. The molecule has 21 heavy (non-hydrogen) atoms. The van der Waals surface area contributed by atoms with Crippen LogP contribution in [0.1, 0.15) is 32.1 Å². The van der Waals surface area contributed by atoms with Crippen LogP contribution in [0.25, 0.3) is 0 Å². The van der Waals surface area contributed by atoms with Gasteiger partial charge in [-0.15, -0.1) is 0 Å². The molecule has 1 aliphatic rings. The Balaban J connectivity index is 3.20. The lowest BCUT2D eigenvalue weighted by atomic mass is 9.67. The van der Waals surface area contributed by atoms with E-state index in [4.69, 9.17) is 0 Å². The van der Waals surface area contributed by atoms with Gasteiger partial charge in [0, 0.05) is 23.2 Å². The molecule has 7 heteroatoms. The van der Waals surface area contributed by atoms with Crippen molar-refractivity contribution in [3.8, 4) is 0 Å². The van der Waals surface area contributed by atoms with E-state index in [0.29, 0.717) is 18.6 Å². The smallest absolute Gasteiger partial charge is 0.314 e. The average Bonchev–Trinajstić information content (AvgIpc) is 2.44. The van der Waals surface area contributed by atoms with Crippen molar-refractivity contribution >= 4 is 55.4 Å². The highest BCUT2D eigenvalue weighted by Gasteiger charge is 2.50. The second-order valence-corrected chi connectivity index (χ2v) is 6.57. The van der Waals surface area contributed by atoms with Crippen LogP contribution in [0.5, 0.6) is 0 Å². The molecule has 0 heterocycles. The molecule has 0 saturated heterocycles. The lowest BCUT2D eigenvalue weighted by Crippen LogP contribution is -2.50. The van der Waals surface area contributed by atoms with Crippen molar-refractivity contribution in [1.82, 2.24) is 0 Å². The number of carbonyl (C=O) groups is 3. The molecule has 4 nitrogen and oxygen atoms in total. The lowest BCUT2D eigenvalue weighted by molar-refractivity contribution is -0.152. The van der Waals surface area contributed by atoms with E-state index in [-0.39, 0.29) is 23.2 Å². The number of aliphatic carboxylic acids is 1. The number of rotatable bonds is 6. The second-order valence-electron chi connectivity index (χ2n) is 5.52. The number of carboxylic acids is 1. The zero-order chi connectivity index (χ0) is 16.0. The van der Waals surface area contributed by atoms with Crippen molar-refractivity contribution in [3.05, 3.63) is 0 Å². The minimum absolute atomic E-state index is 0.0481. The first kappa shape index (κ1) is 18.9. The van der Waals surface area contributed by atoms with Gasteiger partial charge in [0.2, 0.25) is 0 Å². The summed E-state index contributed by atoms with van der Waals surface area (Å²) in [7, 11) is 0. The molecule has 3 unspecified atom stereocenters. The molecule has 0 amide bonds. The van der Waals surface area contributed by atoms with Crippen LogP contribution in [0, 0.1) is 17.3 Å². The minimum atomic E-state index is -1.30. The predicted octanol–water partition coefficient (Wildman–Crippen LogP) is 2.18. The van der Waals surface area contributed by atoms with Gasteiger partial charge in [-0.25, -0.2) is 0 Å². The minimum Gasteiger partial charge on any atom is -0.481 e. The fourth-order valence-corrected chi connectivity index (χ4v) is 4.04. The fraction of sp³-hybridized carbons (Fsp3) is 0.786. The summed E-state index contributed by atoms with van der Waals surface area (Å²) >= 11 is 12.4. The molecule has 0 bridgehead atoms. The molecule has 1 N–H and O–H groups in total. The molecule has 0 aromatic heterocycles. The van der Waals surface area contributed by atoms with Gasteiger partial charge in [-0.2, -0.15) is 37.9 Å². The first-order chi connectivity index (χ1) is 9.94. The maximum atomic E-state index is 12.8. The third-order valence-corrected chi connectivity index (χ3v) is 5.60. The van der Waals surface area contributed by atoms with Crippen molar-refractivity contribution in [2.24, 2.45) is 17.3 Å². The highest BCUT2D eigenvalue weighted by atomic mass is 32.1. The zero-order valence-electron chi connectivity index (χ0n) is 11.8. The van der Waals surface area contributed by atoms with Crippen LogP contribution in [-0.2, 0) is 14.4 Å². The molecule has 0 aliphatic heterocycles. The summed E-state index contributed by atoms with van der Waals surface area (Å²) in [5, 5.41) is 9.20. The average molecular weight is 351 g/mol. The monoisotopic (exact) mass is 350 g/mol. The van der Waals surface area contributed by atoms with Crippen LogP contribution in [0.3, 0.4) is 0 Å². The van der Waals surface area contributed by atoms with E-state index in [2.05, 4.69) is 37.9 Å². The summed E-state index contributed by atoms with van der Waals surface area (Å²) in [6.45, 7) is 0. The molecule has 1 rings (SSSR count). The third kappa shape index (κ3) is 3.99. The second kappa shape index (κ2) is 8.48. The molecule has 0 radical (unpaired) electrons. The highest BCUT2D eigenvalue weighted by molar-refractivity contribution is 7.80. The number of ketones is 2. The predicted molar refractivity (Wildman–Crippen MR) is 91.7 cm³/mol. The summed E-state index contributed by atoms with van der Waals surface area (Å²) in [4.78, 5) is 36.8. The summed E-state index contributed by atoms with van der Waals surface area (Å²) in [5.41, 5.74) is -1.30. The van der Waals surface area contributed by atoms with Crippen LogP contribution >= 0.6 is 37.9 Å².